The summed E-state index contributed by atoms with van der Waals surface area (Å²) in [4.78, 5) is 8.14. The second-order valence-corrected chi connectivity index (χ2v) is 3.53. The first-order valence-corrected chi connectivity index (χ1v) is 5.41. The zero-order valence-electron chi connectivity index (χ0n) is 9.31. The number of oxazole rings is 1. The summed E-state index contributed by atoms with van der Waals surface area (Å²) in [6.45, 7) is 3.50. The van der Waals surface area contributed by atoms with Crippen molar-refractivity contribution >= 4 is 0 Å². The van der Waals surface area contributed by atoms with Gasteiger partial charge in [0.1, 0.15) is 5.76 Å². The van der Waals surface area contributed by atoms with E-state index in [2.05, 4.69) is 22.2 Å². The molecule has 0 atom stereocenters. The van der Waals surface area contributed by atoms with Gasteiger partial charge in [0.25, 0.3) is 0 Å². The zero-order valence-corrected chi connectivity index (χ0v) is 9.31. The van der Waals surface area contributed by atoms with Gasteiger partial charge in [-0.15, -0.1) is 0 Å². The van der Waals surface area contributed by atoms with Gasteiger partial charge >= 0.3 is 0 Å². The summed E-state index contributed by atoms with van der Waals surface area (Å²) in [6, 6.07) is 3.97. The van der Waals surface area contributed by atoms with Crippen LogP contribution in [0, 0.1) is 0 Å². The Morgan fingerprint density at radius 3 is 2.75 bits per heavy atom. The minimum atomic E-state index is 0.655. The van der Waals surface area contributed by atoms with Gasteiger partial charge in [0.15, 0.2) is 0 Å². The van der Waals surface area contributed by atoms with E-state index in [-0.39, 0.29) is 0 Å². The number of hydrogen-bond acceptors (Lipinski definition) is 4. The lowest BCUT2D eigenvalue weighted by Crippen LogP contribution is -2.12. The molecule has 0 spiro atoms. The Balaban J connectivity index is 1.80. The number of aromatic nitrogens is 2. The van der Waals surface area contributed by atoms with Gasteiger partial charge in [-0.1, -0.05) is 6.92 Å². The lowest BCUT2D eigenvalue weighted by Gasteiger charge is -2.01. The number of aryl methyl sites for hydroxylation is 1. The molecule has 4 nitrogen and oxygen atoms in total. The van der Waals surface area contributed by atoms with Crippen LogP contribution in [0.3, 0.4) is 0 Å². The average molecular weight is 217 g/mol. The standard InChI is InChI=1S/C12H15N3O/c1-2-11-8-15-12(16-11)9-14-7-10-3-5-13-6-4-10/h3-6,8,14H,2,7,9H2,1H3. The summed E-state index contributed by atoms with van der Waals surface area (Å²) >= 11 is 0. The van der Waals surface area contributed by atoms with Crippen LogP contribution in [0.15, 0.2) is 35.1 Å². The van der Waals surface area contributed by atoms with E-state index in [1.807, 2.05) is 12.1 Å². The molecule has 2 aromatic rings. The van der Waals surface area contributed by atoms with Crippen molar-refractivity contribution in [3.05, 3.63) is 47.9 Å². The average Bonchev–Trinajstić information content (AvgIpc) is 2.78. The van der Waals surface area contributed by atoms with E-state index in [9.17, 15) is 0 Å². The van der Waals surface area contributed by atoms with Gasteiger partial charge in [-0.25, -0.2) is 4.98 Å². The van der Waals surface area contributed by atoms with Crippen molar-refractivity contribution < 1.29 is 4.42 Å². The number of rotatable bonds is 5. The van der Waals surface area contributed by atoms with Crippen molar-refractivity contribution in [2.45, 2.75) is 26.4 Å². The third-order valence-electron chi connectivity index (χ3n) is 2.30. The van der Waals surface area contributed by atoms with E-state index < -0.39 is 0 Å². The van der Waals surface area contributed by atoms with Gasteiger partial charge in [-0.05, 0) is 17.7 Å². The molecule has 0 aliphatic heterocycles. The molecule has 2 rings (SSSR count). The monoisotopic (exact) mass is 217 g/mol. The minimum absolute atomic E-state index is 0.655. The van der Waals surface area contributed by atoms with Gasteiger partial charge in [-0.3, -0.25) is 4.98 Å². The first-order chi connectivity index (χ1) is 7.88. The van der Waals surface area contributed by atoms with Crippen LogP contribution < -0.4 is 5.32 Å². The molecule has 1 N–H and O–H groups in total. The molecular weight excluding hydrogens is 202 g/mol. The maximum atomic E-state index is 5.48. The van der Waals surface area contributed by atoms with Gasteiger partial charge in [-0.2, -0.15) is 0 Å². The van der Waals surface area contributed by atoms with E-state index in [1.54, 1.807) is 18.6 Å². The van der Waals surface area contributed by atoms with Crippen LogP contribution in [0.4, 0.5) is 0 Å². The summed E-state index contributed by atoms with van der Waals surface area (Å²) in [5.41, 5.74) is 1.21. The lowest BCUT2D eigenvalue weighted by atomic mass is 10.3. The largest absolute Gasteiger partial charge is 0.444 e. The molecule has 0 radical (unpaired) electrons. The fraction of sp³-hybridized carbons (Fsp3) is 0.333. The van der Waals surface area contributed by atoms with Crippen LogP contribution in [-0.2, 0) is 19.5 Å². The molecule has 84 valence electrons. The van der Waals surface area contributed by atoms with Crippen LogP contribution in [0.1, 0.15) is 24.1 Å². The maximum Gasteiger partial charge on any atom is 0.208 e. The van der Waals surface area contributed by atoms with Crippen molar-refractivity contribution in [1.29, 1.82) is 0 Å². The van der Waals surface area contributed by atoms with Gasteiger partial charge < -0.3 is 9.73 Å². The molecule has 4 heteroatoms. The molecule has 0 aliphatic carbocycles. The van der Waals surface area contributed by atoms with E-state index in [0.717, 1.165) is 24.6 Å². The topological polar surface area (TPSA) is 51.0 Å². The molecule has 0 fully saturated rings. The van der Waals surface area contributed by atoms with E-state index in [1.165, 1.54) is 5.56 Å². The third kappa shape index (κ3) is 2.90. The fourth-order valence-corrected chi connectivity index (χ4v) is 1.41. The number of nitrogens with zero attached hydrogens (tertiary/aromatic N) is 2. The smallest absolute Gasteiger partial charge is 0.208 e. The minimum Gasteiger partial charge on any atom is -0.444 e. The highest BCUT2D eigenvalue weighted by molar-refractivity contribution is 5.09. The van der Waals surface area contributed by atoms with E-state index in [4.69, 9.17) is 4.42 Å². The summed E-state index contributed by atoms with van der Waals surface area (Å²) in [5, 5.41) is 3.27. The molecule has 0 saturated heterocycles. The summed E-state index contributed by atoms with van der Waals surface area (Å²) in [6.07, 6.45) is 6.25. The molecule has 0 unspecified atom stereocenters. The fourth-order valence-electron chi connectivity index (χ4n) is 1.41. The highest BCUT2D eigenvalue weighted by Crippen LogP contribution is 2.04. The SMILES string of the molecule is CCc1cnc(CNCc2ccncc2)o1. The van der Waals surface area contributed by atoms with Gasteiger partial charge in [0.2, 0.25) is 5.89 Å². The van der Waals surface area contributed by atoms with Crippen LogP contribution in [0.5, 0.6) is 0 Å². The predicted molar refractivity (Wildman–Crippen MR) is 60.7 cm³/mol. The molecule has 0 aliphatic rings. The summed E-state index contributed by atoms with van der Waals surface area (Å²) in [5.74, 6) is 1.67. The summed E-state index contributed by atoms with van der Waals surface area (Å²) < 4.78 is 5.48. The van der Waals surface area contributed by atoms with Crippen molar-refractivity contribution in [2.75, 3.05) is 0 Å². The molecule has 0 bridgehead atoms. The van der Waals surface area contributed by atoms with E-state index in [0.29, 0.717) is 6.54 Å². The second kappa shape index (κ2) is 5.42. The van der Waals surface area contributed by atoms with Crippen molar-refractivity contribution in [3.8, 4) is 0 Å². The first kappa shape index (κ1) is 10.8. The van der Waals surface area contributed by atoms with Crippen molar-refractivity contribution in [3.63, 3.8) is 0 Å². The van der Waals surface area contributed by atoms with Crippen LogP contribution >= 0.6 is 0 Å². The van der Waals surface area contributed by atoms with Crippen LogP contribution in [-0.4, -0.2) is 9.97 Å². The zero-order chi connectivity index (χ0) is 11.2. The Kier molecular flexibility index (Phi) is 3.66. The molecule has 2 aromatic heterocycles. The maximum absolute atomic E-state index is 5.48. The highest BCUT2D eigenvalue weighted by atomic mass is 16.4. The molecule has 16 heavy (non-hydrogen) atoms. The van der Waals surface area contributed by atoms with E-state index >= 15 is 0 Å². The predicted octanol–water partition coefficient (Wildman–Crippen LogP) is 1.92. The number of nitrogens with one attached hydrogen (secondary N) is 1. The van der Waals surface area contributed by atoms with Gasteiger partial charge in [0.05, 0.1) is 12.7 Å². The lowest BCUT2D eigenvalue weighted by molar-refractivity contribution is 0.439. The Morgan fingerprint density at radius 1 is 1.25 bits per heavy atom. The second-order valence-electron chi connectivity index (χ2n) is 3.53. The Labute approximate surface area is 94.7 Å². The first-order valence-electron chi connectivity index (χ1n) is 5.41. The van der Waals surface area contributed by atoms with Crippen molar-refractivity contribution in [1.82, 2.24) is 15.3 Å². The molecule has 2 heterocycles. The van der Waals surface area contributed by atoms with Crippen molar-refractivity contribution in [2.24, 2.45) is 0 Å². The molecule has 0 amide bonds. The summed E-state index contributed by atoms with van der Waals surface area (Å²) in [7, 11) is 0. The number of pyridine rings is 1. The molecule has 0 saturated carbocycles. The number of hydrogen-bond donors (Lipinski definition) is 1. The molecule has 0 aromatic carbocycles. The Morgan fingerprint density at radius 2 is 2.06 bits per heavy atom. The van der Waals surface area contributed by atoms with Crippen LogP contribution in [0.2, 0.25) is 0 Å². The molecular formula is C12H15N3O. The highest BCUT2D eigenvalue weighted by Gasteiger charge is 2.01. The Bertz CT molecular complexity index is 425. The Hall–Kier alpha value is -1.68. The van der Waals surface area contributed by atoms with Crippen LogP contribution in [0.25, 0.3) is 0 Å². The third-order valence-corrected chi connectivity index (χ3v) is 2.30. The normalized spacial score (nSPS) is 10.6. The van der Waals surface area contributed by atoms with Gasteiger partial charge in [0, 0.05) is 25.4 Å². The quantitative estimate of drug-likeness (QED) is 0.831.